The van der Waals surface area contributed by atoms with E-state index in [4.69, 9.17) is 5.73 Å². The number of ketones is 2. The Hall–Kier alpha value is -3.21. The Morgan fingerprint density at radius 3 is 2.21 bits per heavy atom. The molecule has 0 unspecified atom stereocenters. The summed E-state index contributed by atoms with van der Waals surface area (Å²) in [5.74, 6) is -6.25. The topological polar surface area (TPSA) is 165 Å². The highest BCUT2D eigenvalue weighted by Crippen LogP contribution is 2.53. The van der Waals surface area contributed by atoms with Gasteiger partial charge in [-0.1, -0.05) is 46.6 Å². The van der Waals surface area contributed by atoms with Gasteiger partial charge in [-0.05, 0) is 75.8 Å². The first kappa shape index (κ1) is 32.7. The van der Waals surface area contributed by atoms with Crippen LogP contribution >= 0.6 is 0 Å². The van der Waals surface area contributed by atoms with Crippen molar-refractivity contribution in [2.24, 2.45) is 17.6 Å². The van der Waals surface area contributed by atoms with Crippen LogP contribution in [0.5, 0.6) is 5.75 Å². The van der Waals surface area contributed by atoms with Gasteiger partial charge in [0.15, 0.2) is 11.4 Å². The molecule has 3 aliphatic carbocycles. The van der Waals surface area contributed by atoms with Crippen molar-refractivity contribution in [1.29, 1.82) is 0 Å². The second-order valence-corrected chi connectivity index (χ2v) is 12.9. The number of carbonyl (C=O) groups excluding carboxylic acids is 3. The Labute approximate surface area is 253 Å². The van der Waals surface area contributed by atoms with Gasteiger partial charge < -0.3 is 26.2 Å². The van der Waals surface area contributed by atoms with Gasteiger partial charge in [-0.3, -0.25) is 24.2 Å². The first-order valence-electron chi connectivity index (χ1n) is 15.5. The van der Waals surface area contributed by atoms with Gasteiger partial charge in [-0.25, -0.2) is 0 Å². The predicted octanol–water partition coefficient (Wildman–Crippen LogP) is 3.65. The van der Waals surface area contributed by atoms with Crippen molar-refractivity contribution in [2.45, 2.75) is 90.3 Å². The van der Waals surface area contributed by atoms with Crippen molar-refractivity contribution in [3.63, 3.8) is 0 Å². The third-order valence-electron chi connectivity index (χ3n) is 9.51. The van der Waals surface area contributed by atoms with E-state index in [9.17, 15) is 34.8 Å². The SMILES string of the molecule is CCCCN(CCCC)Cc1cc(C(C)C)c2c(c1O)C(=O)C1=C(O)[C@]3(O)C(=O)C(C(N)=O)=C(O)[C@@H](N(C)C)[C@@H]3C[C@@H]1C2. The van der Waals surface area contributed by atoms with Gasteiger partial charge >= 0.3 is 0 Å². The molecule has 43 heavy (non-hydrogen) atoms. The highest BCUT2D eigenvalue weighted by atomic mass is 16.3. The summed E-state index contributed by atoms with van der Waals surface area (Å²) >= 11 is 0. The Morgan fingerprint density at radius 2 is 1.70 bits per heavy atom. The number of nitrogens with zero attached hydrogens (tertiary/aromatic N) is 2. The zero-order valence-electron chi connectivity index (χ0n) is 26.2. The second-order valence-electron chi connectivity index (χ2n) is 12.9. The number of Topliss-reactive ketones (excluding diaryl/α,β-unsaturated/α-hetero) is 2. The monoisotopic (exact) mass is 597 g/mol. The summed E-state index contributed by atoms with van der Waals surface area (Å²) in [6.45, 7) is 10.5. The van der Waals surface area contributed by atoms with Gasteiger partial charge in [0.2, 0.25) is 5.78 Å². The number of phenolic OH excluding ortho intramolecular Hbond substituents is 1. The lowest BCUT2D eigenvalue weighted by Crippen LogP contribution is -2.63. The number of phenols is 1. The number of primary amides is 1. The standard InChI is InChI=1S/C33H47N3O7/c1-7-9-11-36(12-10-8-2)16-19-14-20(17(3)4)21-13-18-15-22-26(35(5)6)29(39)25(32(34)42)31(41)33(22,43)30(40)23(18)28(38)24(21)27(19)37/h14,17-18,22,26,37,39-40,43H,7-13,15-16H2,1-6H3,(H2,34,42)/t18-,22-,26-,33-/m0/s1. The molecule has 1 amide bonds. The Bertz CT molecular complexity index is 1370. The average molecular weight is 598 g/mol. The maximum Gasteiger partial charge on any atom is 0.255 e. The van der Waals surface area contributed by atoms with E-state index in [0.29, 0.717) is 24.1 Å². The van der Waals surface area contributed by atoms with Crippen LogP contribution in [-0.4, -0.2) is 86.5 Å². The molecule has 0 aliphatic heterocycles. The van der Waals surface area contributed by atoms with E-state index in [1.807, 2.05) is 19.9 Å². The number of nitrogens with two attached hydrogens (primary N) is 1. The lowest BCUT2D eigenvalue weighted by atomic mass is 9.58. The van der Waals surface area contributed by atoms with Gasteiger partial charge in [-0.2, -0.15) is 0 Å². The molecule has 3 aliphatic rings. The Kier molecular flexibility index (Phi) is 9.44. The van der Waals surface area contributed by atoms with Crippen molar-refractivity contribution < 1.29 is 34.8 Å². The van der Waals surface area contributed by atoms with Crippen LogP contribution in [-0.2, 0) is 22.6 Å². The number of likely N-dealkylation sites (N-methyl/N-ethyl adjacent to an activating group) is 1. The third-order valence-corrected chi connectivity index (χ3v) is 9.51. The fourth-order valence-corrected chi connectivity index (χ4v) is 7.32. The highest BCUT2D eigenvalue weighted by molar-refractivity contribution is 6.24. The molecular weight excluding hydrogens is 550 g/mol. The predicted molar refractivity (Wildman–Crippen MR) is 163 cm³/mol. The molecule has 6 N–H and O–H groups in total. The molecule has 236 valence electrons. The number of rotatable bonds is 11. The summed E-state index contributed by atoms with van der Waals surface area (Å²) in [6.07, 6.45) is 4.45. The van der Waals surface area contributed by atoms with Gasteiger partial charge in [0.05, 0.1) is 11.6 Å². The van der Waals surface area contributed by atoms with Crippen LogP contribution in [0.1, 0.15) is 92.8 Å². The Morgan fingerprint density at radius 1 is 1.09 bits per heavy atom. The molecule has 0 fully saturated rings. The molecule has 1 aromatic rings. The summed E-state index contributed by atoms with van der Waals surface area (Å²) in [4.78, 5) is 43.9. The largest absolute Gasteiger partial charge is 0.510 e. The zero-order chi connectivity index (χ0) is 32.0. The van der Waals surface area contributed by atoms with Crippen LogP contribution in [0.15, 0.2) is 28.7 Å². The highest BCUT2D eigenvalue weighted by Gasteiger charge is 2.63. The van der Waals surface area contributed by atoms with E-state index in [-0.39, 0.29) is 29.2 Å². The van der Waals surface area contributed by atoms with E-state index in [0.717, 1.165) is 44.3 Å². The van der Waals surface area contributed by atoms with Crippen LogP contribution in [0.25, 0.3) is 0 Å². The molecule has 0 bridgehead atoms. The minimum atomic E-state index is -2.64. The molecule has 10 nitrogen and oxygen atoms in total. The van der Waals surface area contributed by atoms with E-state index >= 15 is 0 Å². The Balaban J connectivity index is 1.88. The van der Waals surface area contributed by atoms with E-state index in [2.05, 4.69) is 18.7 Å². The third kappa shape index (κ3) is 5.38. The van der Waals surface area contributed by atoms with Crippen LogP contribution in [0.2, 0.25) is 0 Å². The summed E-state index contributed by atoms with van der Waals surface area (Å²) in [7, 11) is 3.24. The number of aliphatic hydroxyl groups is 3. The normalized spacial score (nSPS) is 25.5. The van der Waals surface area contributed by atoms with Gasteiger partial charge in [0.25, 0.3) is 5.91 Å². The number of amides is 1. The molecule has 0 heterocycles. The van der Waals surface area contributed by atoms with E-state index in [1.165, 1.54) is 0 Å². The molecule has 4 atom stereocenters. The van der Waals surface area contributed by atoms with Gasteiger partial charge in [0.1, 0.15) is 22.8 Å². The number of aliphatic hydroxyl groups excluding tert-OH is 2. The van der Waals surface area contributed by atoms with Crippen molar-refractivity contribution in [1.82, 2.24) is 9.80 Å². The number of hydrogen-bond acceptors (Lipinski definition) is 9. The molecule has 0 spiro atoms. The maximum absolute atomic E-state index is 14.3. The van der Waals surface area contributed by atoms with Crippen molar-refractivity contribution in [3.8, 4) is 5.75 Å². The minimum absolute atomic E-state index is 0.0381. The fraction of sp³-hybridized carbons (Fsp3) is 0.606. The first-order chi connectivity index (χ1) is 20.2. The van der Waals surface area contributed by atoms with Crippen LogP contribution in [0.4, 0.5) is 0 Å². The summed E-state index contributed by atoms with van der Waals surface area (Å²) in [6, 6.07) is 0.980. The van der Waals surface area contributed by atoms with Crippen LogP contribution < -0.4 is 5.73 Å². The quantitative estimate of drug-likeness (QED) is 0.240. The summed E-state index contributed by atoms with van der Waals surface area (Å²) in [5.41, 5.74) is 4.20. The molecule has 0 saturated heterocycles. The molecule has 1 aromatic carbocycles. The van der Waals surface area contributed by atoms with Gasteiger partial charge in [0, 0.05) is 23.6 Å². The lowest BCUT2D eigenvalue weighted by molar-refractivity contribution is -0.148. The van der Waals surface area contributed by atoms with Crippen molar-refractivity contribution in [2.75, 3.05) is 27.2 Å². The van der Waals surface area contributed by atoms with Crippen LogP contribution in [0.3, 0.4) is 0 Å². The van der Waals surface area contributed by atoms with E-state index in [1.54, 1.807) is 19.0 Å². The molecule has 4 rings (SSSR count). The second kappa shape index (κ2) is 12.4. The lowest BCUT2D eigenvalue weighted by Gasteiger charge is -2.50. The summed E-state index contributed by atoms with van der Waals surface area (Å²) in [5, 5.41) is 46.1. The number of carbonyl (C=O) groups is 3. The number of benzene rings is 1. The molecule has 10 heteroatoms. The van der Waals surface area contributed by atoms with E-state index < -0.39 is 58.0 Å². The smallest absolute Gasteiger partial charge is 0.255 e. The van der Waals surface area contributed by atoms with Gasteiger partial charge in [-0.15, -0.1) is 0 Å². The molecule has 0 radical (unpaired) electrons. The molecule has 0 aromatic heterocycles. The number of aromatic hydroxyl groups is 1. The first-order valence-corrected chi connectivity index (χ1v) is 15.5. The molecular formula is C33H47N3O7. The number of unbranched alkanes of at least 4 members (excludes halogenated alkanes) is 2. The average Bonchev–Trinajstić information content (AvgIpc) is 2.92. The minimum Gasteiger partial charge on any atom is -0.510 e. The van der Waals surface area contributed by atoms with Crippen LogP contribution in [0, 0.1) is 11.8 Å². The van der Waals surface area contributed by atoms with Crippen molar-refractivity contribution >= 4 is 17.5 Å². The fourth-order valence-electron chi connectivity index (χ4n) is 7.32. The molecule has 0 saturated carbocycles. The maximum atomic E-state index is 14.3. The summed E-state index contributed by atoms with van der Waals surface area (Å²) < 4.78 is 0. The number of fused-ring (bicyclic) bond motifs is 3. The zero-order valence-corrected chi connectivity index (χ0v) is 26.2. The van der Waals surface area contributed by atoms with Crippen molar-refractivity contribution in [3.05, 3.63) is 51.0 Å². The number of allylic oxidation sites excluding steroid dienone is 1. The number of hydrogen-bond donors (Lipinski definition) is 5.